The summed E-state index contributed by atoms with van der Waals surface area (Å²) in [6.07, 6.45) is 7.62. The van der Waals surface area contributed by atoms with Crippen molar-refractivity contribution in [3.05, 3.63) is 64.4 Å². The second-order valence-corrected chi connectivity index (χ2v) is 13.5. The number of piperidine rings is 1. The van der Waals surface area contributed by atoms with Crippen LogP contribution < -0.4 is 5.32 Å². The number of likely N-dealkylation sites (tertiary alicyclic amines) is 1. The minimum absolute atomic E-state index is 0.0119. The minimum atomic E-state index is -0.488. The van der Waals surface area contributed by atoms with E-state index in [1.54, 1.807) is 6.07 Å². The molecule has 0 spiro atoms. The van der Waals surface area contributed by atoms with E-state index < -0.39 is 5.82 Å². The van der Waals surface area contributed by atoms with Gasteiger partial charge in [-0.1, -0.05) is 23.7 Å². The number of nitriles is 1. The maximum absolute atomic E-state index is 13.8. The predicted octanol–water partition coefficient (Wildman–Crippen LogP) is 6.91. The average molecular weight is 567 g/mol. The molecule has 1 unspecified atom stereocenters. The van der Waals surface area contributed by atoms with Gasteiger partial charge in [0.15, 0.2) is 0 Å². The first-order valence-electron chi connectivity index (χ1n) is 14.3. The predicted molar refractivity (Wildman–Crippen MR) is 156 cm³/mol. The van der Waals surface area contributed by atoms with Gasteiger partial charge in [0.1, 0.15) is 5.82 Å². The number of carbonyl (C=O) groups excluding carboxylic acids is 1. The van der Waals surface area contributed by atoms with E-state index in [2.05, 4.69) is 45.1 Å². The first-order valence-corrected chi connectivity index (χ1v) is 15.8. The molecule has 5 aliphatic rings. The molecule has 2 aromatic rings. The lowest BCUT2D eigenvalue weighted by molar-refractivity contribution is -0.0124. The van der Waals surface area contributed by atoms with Crippen molar-refractivity contribution in [1.29, 1.82) is 5.26 Å². The highest BCUT2D eigenvalue weighted by Gasteiger charge is 2.54. The lowest BCUT2D eigenvalue weighted by atomic mass is 9.50. The lowest BCUT2D eigenvalue weighted by Crippen LogP contribution is -2.59. The number of rotatable bonds is 6. The second kappa shape index (κ2) is 11.3. The summed E-state index contributed by atoms with van der Waals surface area (Å²) in [4.78, 5) is 18.5. The van der Waals surface area contributed by atoms with Crippen LogP contribution in [0.3, 0.4) is 0 Å². The molecule has 0 aromatic heterocycles. The molecule has 2 atom stereocenters. The summed E-state index contributed by atoms with van der Waals surface area (Å²) in [5.74, 6) is 2.97. The molecule has 2 aliphatic heterocycles. The van der Waals surface area contributed by atoms with E-state index in [0.29, 0.717) is 23.1 Å². The molecule has 2 heterocycles. The van der Waals surface area contributed by atoms with Crippen LogP contribution in [0.1, 0.15) is 56.1 Å². The van der Waals surface area contributed by atoms with E-state index in [1.165, 1.54) is 35.6 Å². The highest BCUT2D eigenvalue weighted by atomic mass is 35.5. The molecule has 8 heteroatoms. The van der Waals surface area contributed by atoms with Crippen molar-refractivity contribution in [1.82, 2.24) is 9.80 Å². The first-order chi connectivity index (χ1) is 18.9. The number of urea groups is 1. The van der Waals surface area contributed by atoms with Crippen LogP contribution in [0.25, 0.3) is 0 Å². The largest absolute Gasteiger partial charge is 0.322 e. The molecule has 2 saturated heterocycles. The summed E-state index contributed by atoms with van der Waals surface area (Å²) in [7, 11) is 0. The van der Waals surface area contributed by atoms with Crippen molar-refractivity contribution in [2.45, 2.75) is 62.4 Å². The fourth-order valence-electron chi connectivity index (χ4n) is 7.52. The van der Waals surface area contributed by atoms with Crippen LogP contribution in [-0.4, -0.2) is 59.1 Å². The van der Waals surface area contributed by atoms with Crippen LogP contribution in [-0.2, 0) is 5.41 Å². The number of carbonyl (C=O) groups is 1. The van der Waals surface area contributed by atoms with Crippen molar-refractivity contribution < 1.29 is 9.18 Å². The molecular weight excluding hydrogens is 531 g/mol. The number of hydrogen-bond donors (Lipinski definition) is 1. The Hall–Kier alpha value is -2.27. The number of nitrogens with one attached hydrogen (secondary N) is 1. The molecule has 5 fully saturated rings. The Balaban J connectivity index is 1.16. The van der Waals surface area contributed by atoms with Crippen molar-refractivity contribution >= 4 is 35.1 Å². The third-order valence-electron chi connectivity index (χ3n) is 9.73. The van der Waals surface area contributed by atoms with Gasteiger partial charge in [0.2, 0.25) is 0 Å². The highest BCUT2D eigenvalue weighted by Crippen LogP contribution is 2.58. The molecule has 2 amide bonds. The third kappa shape index (κ3) is 5.53. The Morgan fingerprint density at radius 3 is 2.67 bits per heavy atom. The van der Waals surface area contributed by atoms with Crippen LogP contribution in [0, 0.1) is 29.0 Å². The summed E-state index contributed by atoms with van der Waals surface area (Å²) >= 11 is 8.07. The molecule has 7 rings (SSSR count). The van der Waals surface area contributed by atoms with Crippen LogP contribution >= 0.6 is 23.4 Å². The average Bonchev–Trinajstić information content (AvgIpc) is 3.49. The summed E-state index contributed by atoms with van der Waals surface area (Å²) in [6, 6.07) is 15.5. The Bertz CT molecular complexity index is 1240. The Kier molecular flexibility index (Phi) is 7.81. The van der Waals surface area contributed by atoms with Gasteiger partial charge in [-0.3, -0.25) is 4.90 Å². The molecule has 2 aromatic carbocycles. The zero-order valence-corrected chi connectivity index (χ0v) is 23.8. The monoisotopic (exact) mass is 566 g/mol. The van der Waals surface area contributed by atoms with E-state index in [0.717, 1.165) is 64.2 Å². The minimum Gasteiger partial charge on any atom is -0.321 e. The van der Waals surface area contributed by atoms with Gasteiger partial charge in [0.05, 0.1) is 16.7 Å². The molecule has 39 heavy (non-hydrogen) atoms. The molecule has 5 nitrogen and oxygen atoms in total. The first kappa shape index (κ1) is 26.9. The van der Waals surface area contributed by atoms with Gasteiger partial charge in [-0.05, 0) is 117 Å². The fraction of sp³-hybridized carbons (Fsp3) is 0.548. The van der Waals surface area contributed by atoms with Crippen molar-refractivity contribution in [2.75, 3.05) is 36.5 Å². The van der Waals surface area contributed by atoms with Crippen LogP contribution in [0.15, 0.2) is 42.5 Å². The second-order valence-electron chi connectivity index (χ2n) is 12.0. The van der Waals surface area contributed by atoms with E-state index in [9.17, 15) is 14.4 Å². The molecule has 0 radical (unpaired) electrons. The van der Waals surface area contributed by atoms with Gasteiger partial charge in [0, 0.05) is 30.1 Å². The maximum atomic E-state index is 13.8. The molecule has 1 N–H and O–H groups in total. The SMILES string of the molecule is N#Cc1cccc(C23CC[C@@H](N(CC4CCN(C5CCSC5)CC4)C(=O)Nc4ccc(F)c(Cl)c4)C(C2)C3)c1. The number of anilines is 1. The summed E-state index contributed by atoms with van der Waals surface area (Å²) in [5.41, 5.74) is 2.64. The standard InChI is InChI=1S/C31H36ClFN4OS/c32-27-15-25(4-5-28(27)33)35-30(38)37(19-21-7-11-36(12-8-21)26-9-13-39-20-26)29-6-10-31(16-23(29)17-31)24-3-1-2-22(14-24)18-34/h1-5,14-15,21,23,26,29H,6-13,16-17,19-20H2,(H,35,38)/t23?,26?,29-,31?/m1/s1. The van der Waals surface area contributed by atoms with Gasteiger partial charge in [0.25, 0.3) is 0 Å². The number of amides is 2. The topological polar surface area (TPSA) is 59.4 Å². The Morgan fingerprint density at radius 1 is 1.18 bits per heavy atom. The zero-order valence-electron chi connectivity index (χ0n) is 22.3. The Morgan fingerprint density at radius 2 is 2.00 bits per heavy atom. The molecule has 206 valence electrons. The van der Waals surface area contributed by atoms with Gasteiger partial charge >= 0.3 is 6.03 Å². The van der Waals surface area contributed by atoms with Gasteiger partial charge < -0.3 is 10.2 Å². The number of fused-ring (bicyclic) bond motifs is 2. The molecule has 3 aliphatic carbocycles. The fourth-order valence-corrected chi connectivity index (χ4v) is 8.95. The lowest BCUT2D eigenvalue weighted by Gasteiger charge is -2.59. The van der Waals surface area contributed by atoms with Crippen LogP contribution in [0.4, 0.5) is 14.9 Å². The number of nitrogens with zero attached hydrogens (tertiary/aromatic N) is 3. The number of halogens is 2. The zero-order chi connectivity index (χ0) is 27.0. The highest BCUT2D eigenvalue weighted by molar-refractivity contribution is 7.99. The molecular formula is C31H36ClFN4OS. The van der Waals surface area contributed by atoms with Gasteiger partial charge in [-0.15, -0.1) is 0 Å². The van der Waals surface area contributed by atoms with Crippen LogP contribution in [0.5, 0.6) is 0 Å². The number of thioether (sulfide) groups is 1. The smallest absolute Gasteiger partial charge is 0.321 e. The maximum Gasteiger partial charge on any atom is 0.322 e. The van der Waals surface area contributed by atoms with Gasteiger partial charge in [-0.25, -0.2) is 9.18 Å². The normalized spacial score (nSPS) is 28.9. The summed E-state index contributed by atoms with van der Waals surface area (Å²) < 4.78 is 13.7. The Labute approximate surface area is 240 Å². The van der Waals surface area contributed by atoms with E-state index in [4.69, 9.17) is 11.6 Å². The summed E-state index contributed by atoms with van der Waals surface area (Å²) in [6.45, 7) is 2.99. The quantitative estimate of drug-likeness (QED) is 0.412. The number of benzene rings is 2. The summed E-state index contributed by atoms with van der Waals surface area (Å²) in [5, 5.41) is 12.4. The third-order valence-corrected chi connectivity index (χ3v) is 11.2. The number of hydrogen-bond acceptors (Lipinski definition) is 4. The van der Waals surface area contributed by atoms with Crippen LogP contribution in [0.2, 0.25) is 5.02 Å². The van der Waals surface area contributed by atoms with E-state index >= 15 is 0 Å². The van der Waals surface area contributed by atoms with E-state index in [-0.39, 0.29) is 22.5 Å². The van der Waals surface area contributed by atoms with Gasteiger partial charge in [-0.2, -0.15) is 17.0 Å². The molecule has 3 saturated carbocycles. The van der Waals surface area contributed by atoms with Crippen molar-refractivity contribution in [3.8, 4) is 6.07 Å². The molecule has 2 bridgehead atoms. The van der Waals surface area contributed by atoms with E-state index in [1.807, 2.05) is 12.1 Å². The van der Waals surface area contributed by atoms with Crippen molar-refractivity contribution in [3.63, 3.8) is 0 Å². The van der Waals surface area contributed by atoms with Crippen molar-refractivity contribution in [2.24, 2.45) is 11.8 Å².